The van der Waals surface area contributed by atoms with Gasteiger partial charge in [0, 0.05) is 51.5 Å². The van der Waals surface area contributed by atoms with E-state index in [1.165, 1.54) is 25.9 Å². The molecule has 1 atom stereocenters. The molecule has 0 bridgehead atoms. The summed E-state index contributed by atoms with van der Waals surface area (Å²) in [5.41, 5.74) is 1.05. The van der Waals surface area contributed by atoms with Gasteiger partial charge >= 0.3 is 6.03 Å². The Morgan fingerprint density at radius 1 is 1.29 bits per heavy atom. The maximum Gasteiger partial charge on any atom is 0.317 e. The Balaban J connectivity index is 1.56. The average molecular weight is 331 g/mol. The molecule has 0 spiro atoms. The SMILES string of the molecule is CN(C)c1ncccc1CNC(=O)N1CCC[C@H]1CN1CCCC1. The van der Waals surface area contributed by atoms with Gasteiger partial charge in [0.1, 0.15) is 5.82 Å². The predicted molar refractivity (Wildman–Crippen MR) is 96.2 cm³/mol. The van der Waals surface area contributed by atoms with E-state index in [9.17, 15) is 4.79 Å². The number of nitrogens with zero attached hydrogens (tertiary/aromatic N) is 4. The fourth-order valence-corrected chi connectivity index (χ4v) is 3.80. The van der Waals surface area contributed by atoms with Crippen molar-refractivity contribution in [3.05, 3.63) is 23.9 Å². The second-order valence-electron chi connectivity index (χ2n) is 7.04. The average Bonchev–Trinajstić information content (AvgIpc) is 3.25. The van der Waals surface area contributed by atoms with E-state index in [1.54, 1.807) is 6.20 Å². The first kappa shape index (κ1) is 17.0. The third-order valence-electron chi connectivity index (χ3n) is 5.03. The molecule has 6 heteroatoms. The highest BCUT2D eigenvalue weighted by molar-refractivity contribution is 5.75. The molecule has 3 rings (SSSR count). The van der Waals surface area contributed by atoms with Crippen LogP contribution in [0.4, 0.5) is 10.6 Å². The largest absolute Gasteiger partial charge is 0.362 e. The zero-order valence-corrected chi connectivity index (χ0v) is 14.9. The second kappa shape index (κ2) is 7.83. The Kier molecular flexibility index (Phi) is 5.56. The van der Waals surface area contributed by atoms with Crippen molar-refractivity contribution in [1.82, 2.24) is 20.1 Å². The van der Waals surface area contributed by atoms with Crippen molar-refractivity contribution in [2.45, 2.75) is 38.3 Å². The fraction of sp³-hybridized carbons (Fsp3) is 0.667. The zero-order chi connectivity index (χ0) is 16.9. The molecule has 2 aliphatic heterocycles. The van der Waals surface area contributed by atoms with Crippen LogP contribution in [0.3, 0.4) is 0 Å². The molecule has 2 fully saturated rings. The predicted octanol–water partition coefficient (Wildman–Crippen LogP) is 1.92. The van der Waals surface area contributed by atoms with Crippen molar-refractivity contribution < 1.29 is 4.79 Å². The standard InChI is InChI=1S/C18H29N5O/c1-21(2)17-15(7-5-9-19-17)13-20-18(24)23-12-6-8-16(23)14-22-10-3-4-11-22/h5,7,9,16H,3-4,6,8,10-14H2,1-2H3,(H,20,24)/t16-/m0/s1. The Morgan fingerprint density at radius 3 is 2.83 bits per heavy atom. The van der Waals surface area contributed by atoms with Gasteiger partial charge in [-0.3, -0.25) is 0 Å². The molecule has 0 radical (unpaired) electrons. The van der Waals surface area contributed by atoms with E-state index in [0.29, 0.717) is 12.6 Å². The van der Waals surface area contributed by atoms with Crippen LogP contribution >= 0.6 is 0 Å². The van der Waals surface area contributed by atoms with Crippen molar-refractivity contribution in [3.8, 4) is 0 Å². The third-order valence-corrected chi connectivity index (χ3v) is 5.03. The normalized spacial score (nSPS) is 21.2. The van der Waals surface area contributed by atoms with Gasteiger partial charge in [-0.1, -0.05) is 6.07 Å². The van der Waals surface area contributed by atoms with Gasteiger partial charge in [-0.05, 0) is 44.8 Å². The first-order chi connectivity index (χ1) is 11.6. The summed E-state index contributed by atoms with van der Waals surface area (Å²) in [7, 11) is 3.94. The molecule has 0 aliphatic carbocycles. The van der Waals surface area contributed by atoms with Crippen LogP contribution < -0.4 is 10.2 Å². The van der Waals surface area contributed by atoms with Gasteiger partial charge in [0.2, 0.25) is 0 Å². The smallest absolute Gasteiger partial charge is 0.317 e. The number of hydrogen-bond donors (Lipinski definition) is 1. The number of rotatable bonds is 5. The van der Waals surface area contributed by atoms with Gasteiger partial charge in [0.25, 0.3) is 0 Å². The molecule has 6 nitrogen and oxygen atoms in total. The highest BCUT2D eigenvalue weighted by atomic mass is 16.2. The van der Waals surface area contributed by atoms with E-state index < -0.39 is 0 Å². The van der Waals surface area contributed by atoms with Gasteiger partial charge < -0.3 is 20.0 Å². The first-order valence-electron chi connectivity index (χ1n) is 9.03. The number of amides is 2. The zero-order valence-electron chi connectivity index (χ0n) is 14.9. The minimum absolute atomic E-state index is 0.0604. The minimum atomic E-state index is 0.0604. The molecule has 1 aromatic heterocycles. The number of anilines is 1. The molecule has 0 unspecified atom stereocenters. The molecule has 0 saturated carbocycles. The number of hydrogen-bond acceptors (Lipinski definition) is 4. The van der Waals surface area contributed by atoms with Crippen molar-refractivity contribution in [2.75, 3.05) is 45.2 Å². The highest BCUT2D eigenvalue weighted by Crippen LogP contribution is 2.21. The number of likely N-dealkylation sites (tertiary alicyclic amines) is 2. The molecule has 0 aromatic carbocycles. The van der Waals surface area contributed by atoms with E-state index in [2.05, 4.69) is 15.2 Å². The Bertz CT molecular complexity index is 556. The van der Waals surface area contributed by atoms with Crippen LogP contribution in [0.25, 0.3) is 0 Å². The maximum absolute atomic E-state index is 12.6. The van der Waals surface area contributed by atoms with E-state index in [-0.39, 0.29) is 6.03 Å². The number of nitrogens with one attached hydrogen (secondary N) is 1. The lowest BCUT2D eigenvalue weighted by Gasteiger charge is -2.28. The summed E-state index contributed by atoms with van der Waals surface area (Å²) in [6, 6.07) is 4.37. The van der Waals surface area contributed by atoms with E-state index in [1.807, 2.05) is 36.0 Å². The summed E-state index contributed by atoms with van der Waals surface area (Å²) < 4.78 is 0. The quantitative estimate of drug-likeness (QED) is 0.896. The van der Waals surface area contributed by atoms with Crippen LogP contribution in [0.1, 0.15) is 31.2 Å². The van der Waals surface area contributed by atoms with Crippen LogP contribution in [-0.2, 0) is 6.54 Å². The van der Waals surface area contributed by atoms with Gasteiger partial charge in [-0.2, -0.15) is 0 Å². The van der Waals surface area contributed by atoms with Crippen molar-refractivity contribution in [3.63, 3.8) is 0 Å². The van der Waals surface area contributed by atoms with Gasteiger partial charge in [-0.25, -0.2) is 9.78 Å². The summed E-state index contributed by atoms with van der Waals surface area (Å²) in [5, 5.41) is 3.09. The van der Waals surface area contributed by atoms with Gasteiger partial charge in [-0.15, -0.1) is 0 Å². The van der Waals surface area contributed by atoms with Crippen LogP contribution in [-0.4, -0.2) is 67.1 Å². The lowest BCUT2D eigenvalue weighted by Crippen LogP contribution is -2.46. The maximum atomic E-state index is 12.6. The Labute approximate surface area is 144 Å². The number of pyridine rings is 1. The molecule has 2 saturated heterocycles. The highest BCUT2D eigenvalue weighted by Gasteiger charge is 2.30. The summed E-state index contributed by atoms with van der Waals surface area (Å²) >= 11 is 0. The third kappa shape index (κ3) is 3.98. The molecule has 2 aliphatic rings. The summed E-state index contributed by atoms with van der Waals surface area (Å²) in [6.07, 6.45) is 6.62. The van der Waals surface area contributed by atoms with E-state index in [0.717, 1.165) is 37.3 Å². The summed E-state index contributed by atoms with van der Waals surface area (Å²) in [6.45, 7) is 4.80. The molecular formula is C18H29N5O. The Morgan fingerprint density at radius 2 is 2.08 bits per heavy atom. The molecule has 3 heterocycles. The van der Waals surface area contributed by atoms with E-state index in [4.69, 9.17) is 0 Å². The summed E-state index contributed by atoms with van der Waals surface area (Å²) in [4.78, 5) is 23.6. The second-order valence-corrected chi connectivity index (χ2v) is 7.04. The minimum Gasteiger partial charge on any atom is -0.362 e. The van der Waals surface area contributed by atoms with Crippen molar-refractivity contribution in [1.29, 1.82) is 0 Å². The van der Waals surface area contributed by atoms with Crippen molar-refractivity contribution in [2.24, 2.45) is 0 Å². The molecule has 132 valence electrons. The fourth-order valence-electron chi connectivity index (χ4n) is 3.80. The van der Waals surface area contributed by atoms with Crippen LogP contribution in [0, 0.1) is 0 Å². The summed E-state index contributed by atoms with van der Waals surface area (Å²) in [5.74, 6) is 0.910. The van der Waals surface area contributed by atoms with Crippen LogP contribution in [0.2, 0.25) is 0 Å². The Hall–Kier alpha value is -1.82. The van der Waals surface area contributed by atoms with Crippen LogP contribution in [0.5, 0.6) is 0 Å². The molecule has 24 heavy (non-hydrogen) atoms. The topological polar surface area (TPSA) is 51.7 Å². The number of urea groups is 1. The number of carbonyl (C=O) groups is 1. The number of aromatic nitrogens is 1. The van der Waals surface area contributed by atoms with Crippen LogP contribution in [0.15, 0.2) is 18.3 Å². The number of carbonyl (C=O) groups excluding carboxylic acids is 1. The molecule has 1 aromatic rings. The lowest BCUT2D eigenvalue weighted by molar-refractivity contribution is 0.174. The molecule has 2 amide bonds. The van der Waals surface area contributed by atoms with E-state index >= 15 is 0 Å². The first-order valence-corrected chi connectivity index (χ1v) is 9.03. The molecule has 1 N–H and O–H groups in total. The van der Waals surface area contributed by atoms with Gasteiger partial charge in [0.05, 0.1) is 0 Å². The van der Waals surface area contributed by atoms with Gasteiger partial charge in [0.15, 0.2) is 0 Å². The van der Waals surface area contributed by atoms with Crippen molar-refractivity contribution >= 4 is 11.8 Å². The monoisotopic (exact) mass is 331 g/mol. The lowest BCUT2D eigenvalue weighted by atomic mass is 10.2. The molecular weight excluding hydrogens is 302 g/mol.